The van der Waals surface area contributed by atoms with Gasteiger partial charge in [-0.15, -0.1) is 0 Å². The minimum atomic E-state index is -0.964. The van der Waals surface area contributed by atoms with Crippen molar-refractivity contribution >= 4 is 34.0 Å². The minimum Gasteiger partial charge on any atom is -0.490 e. The van der Waals surface area contributed by atoms with Crippen LogP contribution in [0, 0.1) is 5.92 Å². The summed E-state index contributed by atoms with van der Waals surface area (Å²) in [6, 6.07) is 38.1. The number of anilines is 2. The summed E-state index contributed by atoms with van der Waals surface area (Å²) >= 11 is 0. The van der Waals surface area contributed by atoms with Gasteiger partial charge in [-0.1, -0.05) is 84.9 Å². The van der Waals surface area contributed by atoms with Crippen LogP contribution in [-0.4, -0.2) is 24.5 Å². The molecule has 0 N–H and O–H groups in total. The van der Waals surface area contributed by atoms with E-state index in [0.717, 1.165) is 27.6 Å². The van der Waals surface area contributed by atoms with Crippen LogP contribution in [0.25, 0.3) is 10.8 Å². The fourth-order valence-electron chi connectivity index (χ4n) is 5.95. The highest BCUT2D eigenvalue weighted by Crippen LogP contribution is 2.49. The molecule has 0 saturated carbocycles. The maximum atomic E-state index is 14.2. The third-order valence-corrected chi connectivity index (χ3v) is 7.96. The fraction of sp³-hybridized carbons (Fsp3) is 0.167. The summed E-state index contributed by atoms with van der Waals surface area (Å²) in [5, 5.41) is 3.68. The van der Waals surface area contributed by atoms with Gasteiger partial charge in [-0.2, -0.15) is 0 Å². The maximum absolute atomic E-state index is 14.2. The van der Waals surface area contributed by atoms with Crippen molar-refractivity contribution in [2.24, 2.45) is 5.92 Å². The summed E-state index contributed by atoms with van der Waals surface area (Å²) < 4.78 is 12.2. The molecule has 5 aromatic carbocycles. The summed E-state index contributed by atoms with van der Waals surface area (Å²) in [6.45, 7) is 2.74. The van der Waals surface area contributed by atoms with Crippen LogP contribution < -0.4 is 19.4 Å². The van der Waals surface area contributed by atoms with Crippen molar-refractivity contribution in [3.05, 3.63) is 132 Å². The zero-order valence-corrected chi connectivity index (χ0v) is 23.6. The molecule has 0 aromatic heterocycles. The van der Waals surface area contributed by atoms with Gasteiger partial charge in [0, 0.05) is 0 Å². The number of rotatable bonds is 8. The van der Waals surface area contributed by atoms with Crippen molar-refractivity contribution in [3.8, 4) is 11.5 Å². The molecular weight excluding hydrogens is 540 g/mol. The summed E-state index contributed by atoms with van der Waals surface area (Å²) in [7, 11) is 0. The highest BCUT2D eigenvalue weighted by molar-refractivity contribution is 6.24. The first-order chi connectivity index (χ1) is 21.1. The average molecular weight is 571 g/mol. The minimum absolute atomic E-state index is 0.295. The SMILES string of the molecule is CCOc1cc([C@@H]2[C@H]3C(=O)N(c4ccc5ccccc5c4)C(=O)[C@H]3ON2c2ccccc2)ccc1OCc1ccccc1. The molecule has 3 atom stereocenters. The number of fused-ring (bicyclic) bond motifs is 2. The van der Waals surface area contributed by atoms with Gasteiger partial charge < -0.3 is 9.47 Å². The first-order valence-electron chi connectivity index (χ1n) is 14.4. The van der Waals surface area contributed by atoms with Crippen LogP contribution in [0.3, 0.4) is 0 Å². The molecule has 0 unspecified atom stereocenters. The molecular formula is C36H30N2O5. The topological polar surface area (TPSA) is 68.3 Å². The molecule has 2 heterocycles. The number of hydroxylamine groups is 1. The Balaban J connectivity index is 1.26. The predicted molar refractivity (Wildman–Crippen MR) is 165 cm³/mol. The van der Waals surface area contributed by atoms with E-state index in [4.69, 9.17) is 14.3 Å². The zero-order chi connectivity index (χ0) is 29.3. The first-order valence-corrected chi connectivity index (χ1v) is 14.4. The van der Waals surface area contributed by atoms with Crippen LogP contribution in [0.2, 0.25) is 0 Å². The van der Waals surface area contributed by atoms with E-state index in [2.05, 4.69) is 0 Å². The lowest BCUT2D eigenvalue weighted by molar-refractivity contribution is -0.126. The molecule has 0 aliphatic carbocycles. The lowest BCUT2D eigenvalue weighted by Crippen LogP contribution is -2.37. The number of benzene rings is 5. The average Bonchev–Trinajstić information content (AvgIpc) is 3.56. The Kier molecular flexibility index (Phi) is 7.01. The van der Waals surface area contributed by atoms with Crippen molar-refractivity contribution in [1.29, 1.82) is 0 Å². The number of nitrogens with zero attached hydrogens (tertiary/aromatic N) is 2. The van der Waals surface area contributed by atoms with E-state index in [1.165, 1.54) is 4.90 Å². The lowest BCUT2D eigenvalue weighted by Gasteiger charge is -2.29. The molecule has 5 aromatic rings. The Morgan fingerprint density at radius 1 is 0.674 bits per heavy atom. The molecule has 43 heavy (non-hydrogen) atoms. The van der Waals surface area contributed by atoms with E-state index >= 15 is 0 Å². The van der Waals surface area contributed by atoms with Crippen molar-refractivity contribution < 1.29 is 23.9 Å². The second-order valence-corrected chi connectivity index (χ2v) is 10.6. The zero-order valence-electron chi connectivity index (χ0n) is 23.6. The number of hydrogen-bond acceptors (Lipinski definition) is 6. The smallest absolute Gasteiger partial charge is 0.266 e. The van der Waals surface area contributed by atoms with Gasteiger partial charge in [-0.3, -0.25) is 14.4 Å². The number of imide groups is 1. The molecule has 2 saturated heterocycles. The third kappa shape index (κ3) is 4.87. The highest BCUT2D eigenvalue weighted by Gasteiger charge is 2.60. The predicted octanol–water partition coefficient (Wildman–Crippen LogP) is 6.87. The van der Waals surface area contributed by atoms with Crippen molar-refractivity contribution in [2.75, 3.05) is 16.6 Å². The Hall–Kier alpha value is -5.14. The quantitative estimate of drug-likeness (QED) is 0.190. The Morgan fingerprint density at radius 3 is 2.16 bits per heavy atom. The van der Waals surface area contributed by atoms with Gasteiger partial charge in [-0.05, 0) is 65.2 Å². The highest BCUT2D eigenvalue weighted by atomic mass is 16.7. The van der Waals surface area contributed by atoms with Crippen LogP contribution >= 0.6 is 0 Å². The molecule has 7 rings (SSSR count). The monoisotopic (exact) mass is 570 g/mol. The lowest BCUT2D eigenvalue weighted by atomic mass is 9.90. The number of hydrogen-bond donors (Lipinski definition) is 0. The number of ether oxygens (including phenoxy) is 2. The third-order valence-electron chi connectivity index (χ3n) is 7.96. The van der Waals surface area contributed by atoms with E-state index in [0.29, 0.717) is 30.4 Å². The van der Waals surface area contributed by atoms with Gasteiger partial charge in [0.1, 0.15) is 12.5 Å². The Labute approximate surface area is 249 Å². The molecule has 2 aliphatic heterocycles. The normalized spacial score (nSPS) is 19.6. The summed E-state index contributed by atoms with van der Waals surface area (Å²) in [5.41, 5.74) is 3.12. The van der Waals surface area contributed by atoms with Crippen LogP contribution in [0.1, 0.15) is 24.1 Å². The standard InChI is InChI=1S/C36H30N2O5/c1-2-41-31-22-27(18-20-30(31)42-23-24-11-5-3-6-12-24)33-32-34(43-38(33)28-15-7-4-8-16-28)36(40)37(35(32)39)29-19-17-25-13-9-10-14-26(25)21-29/h3-22,32-34H,2,23H2,1H3/t32-,33-,34+/m1/s1. The first kappa shape index (κ1) is 26.7. The molecule has 7 heteroatoms. The van der Waals surface area contributed by atoms with E-state index in [1.54, 1.807) is 5.06 Å². The van der Waals surface area contributed by atoms with Crippen molar-refractivity contribution in [2.45, 2.75) is 25.7 Å². The van der Waals surface area contributed by atoms with E-state index in [1.807, 2.05) is 128 Å². The molecule has 2 fully saturated rings. The van der Waals surface area contributed by atoms with Gasteiger partial charge in [0.2, 0.25) is 5.91 Å². The van der Waals surface area contributed by atoms with Crippen LogP contribution in [0.5, 0.6) is 11.5 Å². The van der Waals surface area contributed by atoms with Gasteiger partial charge >= 0.3 is 0 Å². The van der Waals surface area contributed by atoms with Crippen LogP contribution in [0.4, 0.5) is 11.4 Å². The van der Waals surface area contributed by atoms with Gasteiger partial charge in [-0.25, -0.2) is 9.96 Å². The largest absolute Gasteiger partial charge is 0.490 e. The number of amides is 2. The van der Waals surface area contributed by atoms with Crippen molar-refractivity contribution in [1.82, 2.24) is 0 Å². The molecule has 214 valence electrons. The van der Waals surface area contributed by atoms with E-state index in [-0.39, 0.29) is 11.8 Å². The number of para-hydroxylation sites is 1. The Bertz CT molecular complexity index is 1790. The van der Waals surface area contributed by atoms with Crippen LogP contribution in [0.15, 0.2) is 121 Å². The number of carbonyl (C=O) groups excluding carboxylic acids is 2. The van der Waals surface area contributed by atoms with Crippen LogP contribution in [-0.2, 0) is 21.0 Å². The maximum Gasteiger partial charge on any atom is 0.266 e. The van der Waals surface area contributed by atoms with E-state index in [9.17, 15) is 9.59 Å². The number of carbonyl (C=O) groups is 2. The molecule has 0 radical (unpaired) electrons. The second kappa shape index (κ2) is 11.3. The molecule has 2 aliphatic rings. The fourth-order valence-corrected chi connectivity index (χ4v) is 5.95. The summed E-state index contributed by atoms with van der Waals surface area (Å²) in [5.74, 6) is -0.263. The van der Waals surface area contributed by atoms with Gasteiger partial charge in [0.05, 0.1) is 24.0 Å². The molecule has 2 amide bonds. The van der Waals surface area contributed by atoms with Gasteiger partial charge in [0.25, 0.3) is 5.91 Å². The molecule has 7 nitrogen and oxygen atoms in total. The Morgan fingerprint density at radius 2 is 1.40 bits per heavy atom. The van der Waals surface area contributed by atoms with Gasteiger partial charge in [0.15, 0.2) is 17.6 Å². The van der Waals surface area contributed by atoms with E-state index < -0.39 is 18.1 Å². The molecule has 0 bridgehead atoms. The molecule has 0 spiro atoms. The van der Waals surface area contributed by atoms with Crippen molar-refractivity contribution in [3.63, 3.8) is 0 Å². The summed E-state index contributed by atoms with van der Waals surface area (Å²) in [6.07, 6.45) is -0.964. The summed E-state index contributed by atoms with van der Waals surface area (Å²) in [4.78, 5) is 35.6. The second-order valence-electron chi connectivity index (χ2n) is 10.6.